The van der Waals surface area contributed by atoms with Crippen LogP contribution in [0.25, 0.3) is 17.0 Å². The highest BCUT2D eigenvalue weighted by molar-refractivity contribution is 8.17. The van der Waals surface area contributed by atoms with Crippen molar-refractivity contribution in [2.24, 2.45) is 10.7 Å². The molecule has 0 amide bonds. The van der Waals surface area contributed by atoms with Gasteiger partial charge in [0.1, 0.15) is 0 Å². The maximum absolute atomic E-state index is 11.6. The molecule has 0 saturated carbocycles. The lowest BCUT2D eigenvalue weighted by atomic mass is 10.1. The van der Waals surface area contributed by atoms with Crippen LogP contribution in [-0.4, -0.2) is 59.5 Å². The molecule has 7 heteroatoms. The summed E-state index contributed by atoms with van der Waals surface area (Å²) in [7, 11) is 2.16. The Morgan fingerprint density at radius 2 is 1.91 bits per heavy atom. The largest absolute Gasteiger partial charge is 0.378 e. The van der Waals surface area contributed by atoms with Crippen molar-refractivity contribution in [2.45, 2.75) is 6.54 Å². The molecule has 6 nitrogen and oxygen atoms in total. The van der Waals surface area contributed by atoms with E-state index in [0.717, 1.165) is 72.9 Å². The molecular weight excluding hydrogens is 418 g/mol. The van der Waals surface area contributed by atoms with Crippen molar-refractivity contribution in [3.63, 3.8) is 0 Å². The average molecular weight is 446 g/mol. The standard InChI is InChI=1S/C25H27N5OS/c1-29-11-13-30(14-12-29)17-19-4-7-22(8-5-19)28-25(26)32-23(18-31)16-20-6-9-24-21(15-20)3-2-10-27-24/h2-10,15-16,18H,11-14,17H2,1H3,(H2,26,28)/b23-16-. The highest BCUT2D eigenvalue weighted by atomic mass is 32.2. The predicted molar refractivity (Wildman–Crippen MR) is 134 cm³/mol. The number of nitrogens with two attached hydrogens (primary N) is 1. The average Bonchev–Trinajstić information content (AvgIpc) is 2.81. The first-order valence-corrected chi connectivity index (χ1v) is 11.4. The number of rotatable bonds is 6. The molecule has 2 aromatic carbocycles. The van der Waals surface area contributed by atoms with Crippen LogP contribution in [0.15, 0.2) is 70.7 Å². The van der Waals surface area contributed by atoms with Crippen LogP contribution in [0, 0.1) is 0 Å². The van der Waals surface area contributed by atoms with E-state index in [9.17, 15) is 4.79 Å². The van der Waals surface area contributed by atoms with Gasteiger partial charge in [-0.3, -0.25) is 14.7 Å². The van der Waals surface area contributed by atoms with Crippen molar-refractivity contribution in [1.82, 2.24) is 14.8 Å². The van der Waals surface area contributed by atoms with E-state index in [1.807, 2.05) is 48.5 Å². The zero-order valence-corrected chi connectivity index (χ0v) is 19.0. The Morgan fingerprint density at radius 1 is 1.12 bits per heavy atom. The van der Waals surface area contributed by atoms with Gasteiger partial charge in [0.15, 0.2) is 11.5 Å². The fourth-order valence-corrected chi connectivity index (χ4v) is 4.28. The Morgan fingerprint density at radius 3 is 2.66 bits per heavy atom. The third kappa shape index (κ3) is 6.03. The molecule has 4 rings (SSSR count). The normalized spacial score (nSPS) is 16.4. The first-order valence-electron chi connectivity index (χ1n) is 10.6. The second kappa shape index (κ2) is 10.5. The molecular formula is C25H27N5OS. The molecule has 0 aliphatic carbocycles. The first-order chi connectivity index (χ1) is 15.6. The number of hydrogen-bond donors (Lipinski definition) is 1. The molecule has 1 aromatic heterocycles. The minimum Gasteiger partial charge on any atom is -0.378 e. The Hall–Kier alpha value is -3.00. The number of nitrogens with zero attached hydrogens (tertiary/aromatic N) is 4. The molecule has 2 heterocycles. The number of piperazine rings is 1. The van der Waals surface area contributed by atoms with E-state index in [2.05, 4.69) is 39.0 Å². The lowest BCUT2D eigenvalue weighted by Gasteiger charge is -2.32. The van der Waals surface area contributed by atoms with Crippen molar-refractivity contribution in [2.75, 3.05) is 33.2 Å². The molecule has 1 saturated heterocycles. The summed E-state index contributed by atoms with van der Waals surface area (Å²) in [5, 5.41) is 1.35. The zero-order chi connectivity index (χ0) is 22.3. The van der Waals surface area contributed by atoms with E-state index in [1.165, 1.54) is 5.56 Å². The molecule has 0 atom stereocenters. The van der Waals surface area contributed by atoms with Crippen molar-refractivity contribution in [3.8, 4) is 0 Å². The number of aromatic nitrogens is 1. The van der Waals surface area contributed by atoms with Crippen LogP contribution in [0.4, 0.5) is 5.69 Å². The molecule has 0 spiro atoms. The van der Waals surface area contributed by atoms with Crippen LogP contribution >= 0.6 is 11.8 Å². The molecule has 0 unspecified atom stereocenters. The van der Waals surface area contributed by atoms with Gasteiger partial charge in [-0.2, -0.15) is 0 Å². The molecule has 1 fully saturated rings. The van der Waals surface area contributed by atoms with Gasteiger partial charge in [-0.05, 0) is 66.3 Å². The lowest BCUT2D eigenvalue weighted by molar-refractivity contribution is -0.104. The van der Waals surface area contributed by atoms with Gasteiger partial charge < -0.3 is 10.6 Å². The van der Waals surface area contributed by atoms with Crippen LogP contribution in [0.2, 0.25) is 0 Å². The minimum absolute atomic E-state index is 0.331. The topological polar surface area (TPSA) is 74.8 Å². The van der Waals surface area contributed by atoms with Crippen molar-refractivity contribution < 1.29 is 4.79 Å². The summed E-state index contributed by atoms with van der Waals surface area (Å²) >= 11 is 1.16. The fraction of sp³-hybridized carbons (Fsp3) is 0.240. The number of allylic oxidation sites excluding steroid dienone is 1. The van der Waals surface area contributed by atoms with Crippen molar-refractivity contribution >= 4 is 45.9 Å². The van der Waals surface area contributed by atoms with E-state index in [1.54, 1.807) is 6.20 Å². The zero-order valence-electron chi connectivity index (χ0n) is 18.1. The van der Waals surface area contributed by atoms with Crippen molar-refractivity contribution in [1.29, 1.82) is 0 Å². The number of amidine groups is 1. The van der Waals surface area contributed by atoms with Crippen LogP contribution in [0.1, 0.15) is 11.1 Å². The number of carbonyl (C=O) groups is 1. The van der Waals surface area contributed by atoms with Crippen LogP contribution in [0.5, 0.6) is 0 Å². The summed E-state index contributed by atoms with van der Waals surface area (Å²) in [6, 6.07) is 17.9. The number of benzene rings is 2. The highest BCUT2D eigenvalue weighted by Gasteiger charge is 2.13. The predicted octanol–water partition coefficient (Wildman–Crippen LogP) is 3.90. The number of likely N-dealkylation sites (N-methyl/N-ethyl adjacent to an activating group) is 1. The molecule has 0 radical (unpaired) electrons. The fourth-order valence-electron chi connectivity index (χ4n) is 3.65. The first kappa shape index (κ1) is 22.2. The number of thioether (sulfide) groups is 1. The van der Waals surface area contributed by atoms with Gasteiger partial charge in [0.25, 0.3) is 0 Å². The summed E-state index contributed by atoms with van der Waals surface area (Å²) in [6.45, 7) is 5.35. The molecule has 1 aliphatic rings. The van der Waals surface area contributed by atoms with Crippen LogP contribution in [-0.2, 0) is 11.3 Å². The molecule has 0 bridgehead atoms. The smallest absolute Gasteiger partial charge is 0.164 e. The molecule has 3 aromatic rings. The van der Waals surface area contributed by atoms with E-state index in [-0.39, 0.29) is 0 Å². The quantitative estimate of drug-likeness (QED) is 0.268. The maximum Gasteiger partial charge on any atom is 0.164 e. The monoisotopic (exact) mass is 445 g/mol. The minimum atomic E-state index is 0.331. The summed E-state index contributed by atoms with van der Waals surface area (Å²) in [4.78, 5) is 25.7. The Labute approximate surface area is 192 Å². The number of aldehydes is 1. The van der Waals surface area contributed by atoms with E-state index in [4.69, 9.17) is 5.73 Å². The maximum atomic E-state index is 11.6. The van der Waals surface area contributed by atoms with Gasteiger partial charge in [0.05, 0.1) is 16.1 Å². The summed E-state index contributed by atoms with van der Waals surface area (Å²) in [6.07, 6.45) is 4.38. The number of hydrogen-bond acceptors (Lipinski definition) is 6. The lowest BCUT2D eigenvalue weighted by Crippen LogP contribution is -2.43. The van der Waals surface area contributed by atoms with E-state index in [0.29, 0.717) is 10.1 Å². The second-order valence-corrected chi connectivity index (χ2v) is 9.01. The number of aliphatic imine (C=N–C) groups is 1. The van der Waals surface area contributed by atoms with E-state index >= 15 is 0 Å². The third-order valence-electron chi connectivity index (χ3n) is 5.45. The van der Waals surface area contributed by atoms with Gasteiger partial charge in [0.2, 0.25) is 0 Å². The summed E-state index contributed by atoms with van der Waals surface area (Å²) in [5.74, 6) is 0. The van der Waals surface area contributed by atoms with Gasteiger partial charge in [-0.25, -0.2) is 4.99 Å². The van der Waals surface area contributed by atoms with Crippen LogP contribution < -0.4 is 5.73 Å². The second-order valence-electron chi connectivity index (χ2n) is 7.92. The number of fused-ring (bicyclic) bond motifs is 1. The van der Waals surface area contributed by atoms with Crippen LogP contribution in [0.3, 0.4) is 0 Å². The third-order valence-corrected chi connectivity index (χ3v) is 6.20. The molecule has 2 N–H and O–H groups in total. The molecule has 164 valence electrons. The van der Waals surface area contributed by atoms with E-state index < -0.39 is 0 Å². The summed E-state index contributed by atoms with van der Waals surface area (Å²) in [5.41, 5.74) is 9.99. The number of pyridine rings is 1. The van der Waals surface area contributed by atoms with Gasteiger partial charge in [-0.1, -0.05) is 24.3 Å². The van der Waals surface area contributed by atoms with Crippen molar-refractivity contribution in [3.05, 3.63) is 76.8 Å². The van der Waals surface area contributed by atoms with Gasteiger partial charge in [-0.15, -0.1) is 0 Å². The number of carbonyl (C=O) groups excluding carboxylic acids is 1. The Kier molecular flexibility index (Phi) is 7.32. The van der Waals surface area contributed by atoms with Gasteiger partial charge in [0, 0.05) is 44.3 Å². The molecule has 32 heavy (non-hydrogen) atoms. The SMILES string of the molecule is CN1CCN(Cc2ccc(N=C(N)S/C(C=O)=C\c3ccc4ncccc4c3)cc2)CC1. The van der Waals surface area contributed by atoms with Gasteiger partial charge >= 0.3 is 0 Å². The Bertz CT molecular complexity index is 1130. The Balaban J connectivity index is 1.40. The molecule has 1 aliphatic heterocycles. The highest BCUT2D eigenvalue weighted by Crippen LogP contribution is 2.23. The summed E-state index contributed by atoms with van der Waals surface area (Å²) < 4.78 is 0.